The summed E-state index contributed by atoms with van der Waals surface area (Å²) in [6.07, 6.45) is 4.65. The van der Waals surface area contributed by atoms with Crippen molar-refractivity contribution in [2.24, 2.45) is 0 Å². The molecule has 0 saturated carbocycles. The molecule has 0 saturated heterocycles. The van der Waals surface area contributed by atoms with Crippen LogP contribution in [0.25, 0.3) is 11.6 Å². The average Bonchev–Trinajstić information content (AvgIpc) is 3.17. The minimum absolute atomic E-state index is 0.0403. The molecule has 0 aromatic carbocycles. The molecule has 3 aromatic rings. The van der Waals surface area contributed by atoms with Gasteiger partial charge in [-0.3, -0.25) is 9.78 Å². The summed E-state index contributed by atoms with van der Waals surface area (Å²) in [7, 11) is 0. The van der Waals surface area contributed by atoms with Crippen LogP contribution in [-0.2, 0) is 17.8 Å². The predicted molar refractivity (Wildman–Crippen MR) is 75.2 cm³/mol. The van der Waals surface area contributed by atoms with Crippen LogP contribution in [0.1, 0.15) is 10.8 Å². The minimum Gasteiger partial charge on any atom is -0.419 e. The van der Waals surface area contributed by atoms with E-state index in [9.17, 15) is 4.79 Å². The molecule has 3 rings (SSSR count). The van der Waals surface area contributed by atoms with Gasteiger partial charge in [-0.25, -0.2) is 4.98 Å². The Morgan fingerprint density at radius 1 is 1.33 bits per heavy atom. The number of hydrogen-bond acceptors (Lipinski definition) is 7. The van der Waals surface area contributed by atoms with Gasteiger partial charge in [0.05, 0.1) is 12.7 Å². The molecule has 1 amide bonds. The van der Waals surface area contributed by atoms with Crippen molar-refractivity contribution in [3.8, 4) is 11.6 Å². The number of rotatable bonds is 5. The van der Waals surface area contributed by atoms with Crippen molar-refractivity contribution in [3.63, 3.8) is 0 Å². The molecule has 106 valence electrons. The number of carbonyl (C=O) groups excluding carboxylic acids is 1. The van der Waals surface area contributed by atoms with E-state index in [0.29, 0.717) is 12.2 Å². The molecule has 0 aliphatic carbocycles. The van der Waals surface area contributed by atoms with Crippen LogP contribution in [0, 0.1) is 0 Å². The molecule has 0 bridgehead atoms. The molecule has 0 aliphatic heterocycles. The van der Waals surface area contributed by atoms with E-state index in [1.165, 1.54) is 12.4 Å². The molecule has 3 heterocycles. The zero-order valence-electron chi connectivity index (χ0n) is 10.9. The SMILES string of the molecule is O=C(Cc1nnc(-c2cnccn2)o1)NCc1cccs1. The normalized spacial score (nSPS) is 10.5. The molecular formula is C13H11N5O2S. The van der Waals surface area contributed by atoms with E-state index in [1.807, 2.05) is 17.5 Å². The molecule has 0 aliphatic rings. The maximum atomic E-state index is 11.8. The molecule has 0 atom stereocenters. The molecule has 1 N–H and O–H groups in total. The molecular weight excluding hydrogens is 290 g/mol. The first-order valence-corrected chi connectivity index (χ1v) is 7.07. The molecule has 21 heavy (non-hydrogen) atoms. The second kappa shape index (κ2) is 6.23. The third-order valence-electron chi connectivity index (χ3n) is 2.60. The Kier molecular flexibility index (Phi) is 3.97. The van der Waals surface area contributed by atoms with Crippen LogP contribution >= 0.6 is 11.3 Å². The van der Waals surface area contributed by atoms with Crippen molar-refractivity contribution < 1.29 is 9.21 Å². The fraction of sp³-hybridized carbons (Fsp3) is 0.154. The van der Waals surface area contributed by atoms with Gasteiger partial charge in [0.2, 0.25) is 11.8 Å². The minimum atomic E-state index is -0.169. The van der Waals surface area contributed by atoms with E-state index in [0.717, 1.165) is 4.88 Å². The van der Waals surface area contributed by atoms with Crippen LogP contribution in [-0.4, -0.2) is 26.1 Å². The van der Waals surface area contributed by atoms with Gasteiger partial charge in [-0.15, -0.1) is 21.5 Å². The van der Waals surface area contributed by atoms with Crippen molar-refractivity contribution >= 4 is 17.2 Å². The van der Waals surface area contributed by atoms with E-state index in [-0.39, 0.29) is 24.1 Å². The van der Waals surface area contributed by atoms with Gasteiger partial charge in [0.1, 0.15) is 12.1 Å². The largest absolute Gasteiger partial charge is 0.419 e. The van der Waals surface area contributed by atoms with Crippen LogP contribution in [0.5, 0.6) is 0 Å². The number of aromatic nitrogens is 4. The predicted octanol–water partition coefficient (Wildman–Crippen LogP) is 1.45. The maximum Gasteiger partial charge on any atom is 0.267 e. The number of nitrogens with one attached hydrogen (secondary N) is 1. The summed E-state index contributed by atoms with van der Waals surface area (Å²) in [5.74, 6) is 0.334. The van der Waals surface area contributed by atoms with Crippen molar-refractivity contribution in [1.29, 1.82) is 0 Å². The Hall–Kier alpha value is -2.61. The van der Waals surface area contributed by atoms with Crippen molar-refractivity contribution in [3.05, 3.63) is 46.9 Å². The molecule has 0 radical (unpaired) electrons. The van der Waals surface area contributed by atoms with Gasteiger partial charge in [-0.05, 0) is 11.4 Å². The molecule has 8 heteroatoms. The third kappa shape index (κ3) is 3.48. The summed E-state index contributed by atoms with van der Waals surface area (Å²) in [6, 6.07) is 3.90. The second-order valence-electron chi connectivity index (χ2n) is 4.12. The van der Waals surface area contributed by atoms with Crippen molar-refractivity contribution in [2.45, 2.75) is 13.0 Å². The van der Waals surface area contributed by atoms with Crippen molar-refractivity contribution in [2.75, 3.05) is 0 Å². The summed E-state index contributed by atoms with van der Waals surface area (Å²) >= 11 is 1.59. The van der Waals surface area contributed by atoms with E-state index >= 15 is 0 Å². The quantitative estimate of drug-likeness (QED) is 0.766. The number of carbonyl (C=O) groups is 1. The summed E-state index contributed by atoms with van der Waals surface area (Å²) < 4.78 is 5.39. The smallest absolute Gasteiger partial charge is 0.267 e. The number of amides is 1. The van der Waals surface area contributed by atoms with Gasteiger partial charge in [0, 0.05) is 17.3 Å². The standard InChI is InChI=1S/C13H11N5O2S/c19-11(16-7-9-2-1-5-21-9)6-12-17-18-13(20-12)10-8-14-3-4-15-10/h1-5,8H,6-7H2,(H,16,19). The van der Waals surface area contributed by atoms with Crippen LogP contribution in [0.2, 0.25) is 0 Å². The first kappa shape index (κ1) is 13.4. The van der Waals surface area contributed by atoms with Gasteiger partial charge in [-0.2, -0.15) is 0 Å². The van der Waals surface area contributed by atoms with Gasteiger partial charge >= 0.3 is 0 Å². The number of thiophene rings is 1. The maximum absolute atomic E-state index is 11.8. The molecule has 3 aromatic heterocycles. The van der Waals surface area contributed by atoms with E-state index in [2.05, 4.69) is 25.5 Å². The lowest BCUT2D eigenvalue weighted by Gasteiger charge is -2.00. The van der Waals surface area contributed by atoms with E-state index in [1.54, 1.807) is 17.5 Å². The summed E-state index contributed by atoms with van der Waals surface area (Å²) in [5.41, 5.74) is 0.482. The summed E-state index contributed by atoms with van der Waals surface area (Å²) in [5, 5.41) is 12.5. The molecule has 0 fully saturated rings. The molecule has 0 unspecified atom stereocenters. The Balaban J connectivity index is 1.58. The fourth-order valence-corrected chi connectivity index (χ4v) is 2.28. The highest BCUT2D eigenvalue weighted by atomic mass is 32.1. The average molecular weight is 301 g/mol. The first-order valence-electron chi connectivity index (χ1n) is 6.19. The Bertz CT molecular complexity index is 711. The Labute approximate surface area is 124 Å². The van der Waals surface area contributed by atoms with Crippen LogP contribution < -0.4 is 5.32 Å². The van der Waals surface area contributed by atoms with Crippen LogP contribution in [0.15, 0.2) is 40.5 Å². The third-order valence-corrected chi connectivity index (χ3v) is 3.48. The van der Waals surface area contributed by atoms with Crippen LogP contribution in [0.3, 0.4) is 0 Å². The highest BCUT2D eigenvalue weighted by Gasteiger charge is 2.13. The lowest BCUT2D eigenvalue weighted by molar-refractivity contribution is -0.120. The second-order valence-corrected chi connectivity index (χ2v) is 5.16. The Morgan fingerprint density at radius 3 is 3.05 bits per heavy atom. The lowest BCUT2D eigenvalue weighted by atomic mass is 10.4. The molecule has 7 nitrogen and oxygen atoms in total. The van der Waals surface area contributed by atoms with E-state index < -0.39 is 0 Å². The zero-order valence-corrected chi connectivity index (χ0v) is 11.7. The number of hydrogen-bond donors (Lipinski definition) is 1. The van der Waals surface area contributed by atoms with E-state index in [4.69, 9.17) is 4.42 Å². The monoisotopic (exact) mass is 301 g/mol. The van der Waals surface area contributed by atoms with Gasteiger partial charge < -0.3 is 9.73 Å². The highest BCUT2D eigenvalue weighted by molar-refractivity contribution is 7.09. The lowest BCUT2D eigenvalue weighted by Crippen LogP contribution is -2.24. The van der Waals surface area contributed by atoms with Crippen molar-refractivity contribution in [1.82, 2.24) is 25.5 Å². The topological polar surface area (TPSA) is 93.8 Å². The fourth-order valence-electron chi connectivity index (χ4n) is 1.64. The zero-order chi connectivity index (χ0) is 14.5. The number of nitrogens with zero attached hydrogens (tertiary/aromatic N) is 4. The van der Waals surface area contributed by atoms with Gasteiger partial charge in [0.15, 0.2) is 0 Å². The molecule has 0 spiro atoms. The Morgan fingerprint density at radius 2 is 2.29 bits per heavy atom. The van der Waals surface area contributed by atoms with Crippen LogP contribution in [0.4, 0.5) is 0 Å². The van der Waals surface area contributed by atoms with Gasteiger partial charge in [-0.1, -0.05) is 6.07 Å². The summed E-state index contributed by atoms with van der Waals surface area (Å²) in [4.78, 5) is 20.9. The first-order chi connectivity index (χ1) is 10.3. The van der Waals surface area contributed by atoms with Gasteiger partial charge in [0.25, 0.3) is 5.89 Å². The summed E-state index contributed by atoms with van der Waals surface area (Å²) in [6.45, 7) is 0.502. The highest BCUT2D eigenvalue weighted by Crippen LogP contribution is 2.13.